The molecule has 1 aliphatic carbocycles. The van der Waals surface area contributed by atoms with Crippen LogP contribution in [-0.4, -0.2) is 69.9 Å². The molecule has 1 saturated carbocycles. The predicted octanol–water partition coefficient (Wildman–Crippen LogP) is 3.84. The molecular formula is C26H36ClN3O6. The molecule has 36 heavy (non-hydrogen) atoms. The van der Waals surface area contributed by atoms with E-state index in [4.69, 9.17) is 30.5 Å². The summed E-state index contributed by atoms with van der Waals surface area (Å²) >= 11 is 6.05. The molecule has 10 heteroatoms. The van der Waals surface area contributed by atoms with Crippen molar-refractivity contribution in [2.45, 2.75) is 37.9 Å². The molecule has 2 aromatic carbocycles. The van der Waals surface area contributed by atoms with Crippen LogP contribution in [0.2, 0.25) is 5.02 Å². The number of carbonyl (C=O) groups is 1. The molecule has 0 aromatic heterocycles. The highest BCUT2D eigenvalue weighted by Gasteiger charge is 2.14. The van der Waals surface area contributed by atoms with E-state index in [1.165, 1.54) is 20.0 Å². The van der Waals surface area contributed by atoms with Crippen molar-refractivity contribution < 1.29 is 28.8 Å². The summed E-state index contributed by atoms with van der Waals surface area (Å²) in [6.45, 7) is 2.47. The number of benzene rings is 2. The molecule has 3 rings (SSSR count). The number of amides is 2. The fourth-order valence-corrected chi connectivity index (χ4v) is 4.02. The van der Waals surface area contributed by atoms with Gasteiger partial charge in [-0.2, -0.15) is 0 Å². The molecule has 0 spiro atoms. The number of carbonyl (C=O) groups excluding carboxylic acids is 1. The molecule has 0 bridgehead atoms. The lowest BCUT2D eigenvalue weighted by molar-refractivity contribution is 0.0382. The summed E-state index contributed by atoms with van der Waals surface area (Å²) in [5.41, 5.74) is 0.562. The van der Waals surface area contributed by atoms with E-state index in [1.807, 2.05) is 24.3 Å². The number of nitrogens with one attached hydrogen (secondary N) is 3. The first-order valence-electron chi connectivity index (χ1n) is 12.3. The molecule has 0 saturated heterocycles. The van der Waals surface area contributed by atoms with Gasteiger partial charge in [0.2, 0.25) is 0 Å². The summed E-state index contributed by atoms with van der Waals surface area (Å²) in [6.07, 6.45) is 4.54. The molecule has 1 atom stereocenters. The zero-order chi connectivity index (χ0) is 25.6. The number of ether oxygens (including phenoxy) is 4. The molecule has 0 radical (unpaired) electrons. The summed E-state index contributed by atoms with van der Waals surface area (Å²) in [5, 5.41) is 19.0. The van der Waals surface area contributed by atoms with Crippen LogP contribution in [0.1, 0.15) is 25.7 Å². The molecule has 0 heterocycles. The standard InChI is InChI=1S/C26H36ClN3O6/c1-33-25-11-6-19(16-24(25)27)30-26(32)29-13-12-28-17-20(31)18-36-23-9-7-22(8-10-23)35-15-14-34-21-4-2-3-5-21/h6-11,16,20-21,28,31H,2-5,12-15,17-18H2,1H3,(H2,29,30,32). The third kappa shape index (κ3) is 10.1. The first kappa shape index (κ1) is 27.9. The minimum absolute atomic E-state index is 0.147. The normalized spacial score (nSPS) is 14.3. The second-order valence-electron chi connectivity index (χ2n) is 8.50. The maximum atomic E-state index is 12.0. The Morgan fingerprint density at radius 1 is 1.06 bits per heavy atom. The van der Waals surface area contributed by atoms with E-state index in [0.29, 0.717) is 61.2 Å². The van der Waals surface area contributed by atoms with Crippen LogP contribution in [0.5, 0.6) is 17.2 Å². The number of anilines is 1. The van der Waals surface area contributed by atoms with Crippen molar-refractivity contribution in [2.75, 3.05) is 51.9 Å². The molecule has 1 unspecified atom stereocenters. The highest BCUT2D eigenvalue weighted by atomic mass is 35.5. The van der Waals surface area contributed by atoms with Gasteiger partial charge in [0.15, 0.2) is 0 Å². The van der Waals surface area contributed by atoms with Crippen LogP contribution in [0.3, 0.4) is 0 Å². The van der Waals surface area contributed by atoms with Crippen LogP contribution in [0.15, 0.2) is 42.5 Å². The van der Waals surface area contributed by atoms with E-state index >= 15 is 0 Å². The second-order valence-corrected chi connectivity index (χ2v) is 8.90. The van der Waals surface area contributed by atoms with E-state index in [1.54, 1.807) is 18.2 Å². The molecule has 2 amide bonds. The van der Waals surface area contributed by atoms with Crippen LogP contribution in [0.25, 0.3) is 0 Å². The number of halogens is 1. The van der Waals surface area contributed by atoms with E-state index in [9.17, 15) is 9.90 Å². The van der Waals surface area contributed by atoms with Gasteiger partial charge >= 0.3 is 6.03 Å². The smallest absolute Gasteiger partial charge is 0.319 e. The summed E-state index contributed by atoms with van der Waals surface area (Å²) in [6, 6.07) is 11.9. The molecule has 0 aliphatic heterocycles. The highest BCUT2D eigenvalue weighted by molar-refractivity contribution is 6.32. The SMILES string of the molecule is COc1ccc(NC(=O)NCCNCC(O)COc2ccc(OCCOC3CCCC3)cc2)cc1Cl. The molecule has 1 fully saturated rings. The Morgan fingerprint density at radius 2 is 1.78 bits per heavy atom. The average Bonchev–Trinajstić information content (AvgIpc) is 3.40. The van der Waals surface area contributed by atoms with Crippen LogP contribution in [0.4, 0.5) is 10.5 Å². The van der Waals surface area contributed by atoms with Gasteiger partial charge in [0, 0.05) is 25.3 Å². The van der Waals surface area contributed by atoms with E-state index in [2.05, 4.69) is 16.0 Å². The van der Waals surface area contributed by atoms with Crippen molar-refractivity contribution in [3.05, 3.63) is 47.5 Å². The van der Waals surface area contributed by atoms with Crippen LogP contribution in [-0.2, 0) is 4.74 Å². The van der Waals surface area contributed by atoms with Crippen LogP contribution in [0, 0.1) is 0 Å². The molecular weight excluding hydrogens is 486 g/mol. The largest absolute Gasteiger partial charge is 0.495 e. The maximum Gasteiger partial charge on any atom is 0.319 e. The summed E-state index contributed by atoms with van der Waals surface area (Å²) in [5.74, 6) is 1.95. The van der Waals surface area contributed by atoms with Crippen molar-refractivity contribution in [3.63, 3.8) is 0 Å². The van der Waals surface area contributed by atoms with Crippen molar-refractivity contribution in [3.8, 4) is 17.2 Å². The van der Waals surface area contributed by atoms with Crippen molar-refractivity contribution in [1.29, 1.82) is 0 Å². The van der Waals surface area contributed by atoms with Gasteiger partial charge in [0.1, 0.15) is 36.6 Å². The van der Waals surface area contributed by atoms with E-state index < -0.39 is 6.10 Å². The number of aliphatic hydroxyl groups is 1. The molecule has 198 valence electrons. The van der Waals surface area contributed by atoms with Crippen LogP contribution < -0.4 is 30.2 Å². The molecule has 1 aliphatic rings. The van der Waals surface area contributed by atoms with Gasteiger partial charge in [-0.3, -0.25) is 0 Å². The van der Waals surface area contributed by atoms with E-state index in [0.717, 1.165) is 18.6 Å². The molecule has 9 nitrogen and oxygen atoms in total. The monoisotopic (exact) mass is 521 g/mol. The summed E-state index contributed by atoms with van der Waals surface area (Å²) < 4.78 is 22.2. The Labute approximate surface area is 217 Å². The van der Waals surface area contributed by atoms with Gasteiger partial charge in [-0.15, -0.1) is 0 Å². The van der Waals surface area contributed by atoms with Crippen molar-refractivity contribution in [2.24, 2.45) is 0 Å². The number of aliphatic hydroxyl groups excluding tert-OH is 1. The first-order valence-corrected chi connectivity index (χ1v) is 12.7. The van der Waals surface area contributed by atoms with Gasteiger partial charge in [-0.05, 0) is 55.3 Å². The van der Waals surface area contributed by atoms with Gasteiger partial charge in [-0.1, -0.05) is 24.4 Å². The Bertz CT molecular complexity index is 924. The van der Waals surface area contributed by atoms with E-state index in [-0.39, 0.29) is 12.6 Å². The first-order chi connectivity index (χ1) is 17.5. The summed E-state index contributed by atoms with van der Waals surface area (Å²) in [4.78, 5) is 12.0. The minimum Gasteiger partial charge on any atom is -0.495 e. The zero-order valence-electron chi connectivity index (χ0n) is 20.6. The number of methoxy groups -OCH3 is 1. The fourth-order valence-electron chi connectivity index (χ4n) is 3.77. The topological polar surface area (TPSA) is 110 Å². The minimum atomic E-state index is -0.691. The van der Waals surface area contributed by atoms with Gasteiger partial charge in [-0.25, -0.2) is 4.79 Å². The molecule has 4 N–H and O–H groups in total. The zero-order valence-corrected chi connectivity index (χ0v) is 21.4. The Morgan fingerprint density at radius 3 is 2.47 bits per heavy atom. The van der Waals surface area contributed by atoms with Crippen molar-refractivity contribution >= 4 is 23.3 Å². The van der Waals surface area contributed by atoms with Gasteiger partial charge in [0.25, 0.3) is 0 Å². The Kier molecular flexibility index (Phi) is 11.9. The number of hydrogen-bond acceptors (Lipinski definition) is 7. The Balaban J connectivity index is 1.21. The number of hydrogen-bond donors (Lipinski definition) is 4. The van der Waals surface area contributed by atoms with Crippen LogP contribution >= 0.6 is 11.6 Å². The lowest BCUT2D eigenvalue weighted by Crippen LogP contribution is -2.38. The fraction of sp³-hybridized carbons (Fsp3) is 0.500. The van der Waals surface area contributed by atoms with Crippen molar-refractivity contribution in [1.82, 2.24) is 10.6 Å². The van der Waals surface area contributed by atoms with Gasteiger partial charge < -0.3 is 40.0 Å². The Hall–Kier alpha value is -2.72. The number of rotatable bonds is 15. The maximum absolute atomic E-state index is 12.0. The number of urea groups is 1. The second kappa shape index (κ2) is 15.4. The molecule has 2 aromatic rings. The highest BCUT2D eigenvalue weighted by Crippen LogP contribution is 2.27. The van der Waals surface area contributed by atoms with Gasteiger partial charge in [0.05, 0.1) is 24.8 Å². The quantitative estimate of drug-likeness (QED) is 0.264. The third-order valence-electron chi connectivity index (χ3n) is 5.65. The summed E-state index contributed by atoms with van der Waals surface area (Å²) in [7, 11) is 1.53. The lowest BCUT2D eigenvalue weighted by Gasteiger charge is -2.14. The predicted molar refractivity (Wildman–Crippen MR) is 140 cm³/mol. The lowest BCUT2D eigenvalue weighted by atomic mass is 10.3. The average molecular weight is 522 g/mol. The third-order valence-corrected chi connectivity index (χ3v) is 5.95.